The fraction of sp³-hybridized carbons (Fsp3) is 0.290. The summed E-state index contributed by atoms with van der Waals surface area (Å²) in [6, 6.07) is 23.1. The van der Waals surface area contributed by atoms with Crippen LogP contribution in [0.2, 0.25) is 0 Å². The molecule has 39 heavy (non-hydrogen) atoms. The van der Waals surface area contributed by atoms with Gasteiger partial charge in [-0.3, -0.25) is 9.69 Å². The Labute approximate surface area is 233 Å². The van der Waals surface area contributed by atoms with E-state index in [1.165, 1.54) is 34.6 Å². The molecule has 1 saturated heterocycles. The van der Waals surface area contributed by atoms with Crippen LogP contribution in [0.4, 0.5) is 10.1 Å². The summed E-state index contributed by atoms with van der Waals surface area (Å²) >= 11 is 1.51. The van der Waals surface area contributed by atoms with Crippen molar-refractivity contribution in [3.8, 4) is 5.75 Å². The van der Waals surface area contributed by atoms with Crippen molar-refractivity contribution >= 4 is 22.9 Å². The van der Waals surface area contributed by atoms with Crippen molar-refractivity contribution in [2.75, 3.05) is 38.2 Å². The second-order valence-corrected chi connectivity index (χ2v) is 10.8. The topological polar surface area (TPSA) is 48.9 Å². The molecule has 8 heteroatoms. The number of hydrogen-bond donors (Lipinski definition) is 0. The average Bonchev–Trinajstić information content (AvgIpc) is 3.43. The lowest BCUT2D eigenvalue weighted by Crippen LogP contribution is -2.49. The standard InChI is InChI=1S/C31H33FN4O2S/c1-23-7-9-24(10-8-23)19-34(20-25-11-13-26(32)14-12-25)21-30-33-27(22-39-30)31(37)36-17-15-35(16-18-36)28-5-3-4-6-29(28)38-2/h3-14,22H,15-21H2,1-2H3. The normalized spacial score (nSPS) is 13.6. The highest BCUT2D eigenvalue weighted by molar-refractivity contribution is 7.09. The molecule has 0 unspecified atom stereocenters. The van der Waals surface area contributed by atoms with Crippen LogP contribution >= 0.6 is 11.3 Å². The molecule has 1 aliphatic heterocycles. The van der Waals surface area contributed by atoms with Crippen molar-refractivity contribution in [3.05, 3.63) is 111 Å². The first-order valence-corrected chi connectivity index (χ1v) is 14.0. The number of methoxy groups -OCH3 is 1. The van der Waals surface area contributed by atoms with Crippen molar-refractivity contribution in [3.63, 3.8) is 0 Å². The van der Waals surface area contributed by atoms with Crippen molar-refractivity contribution in [2.45, 2.75) is 26.6 Å². The summed E-state index contributed by atoms with van der Waals surface area (Å²) in [6.07, 6.45) is 0. The number of amides is 1. The zero-order chi connectivity index (χ0) is 27.2. The summed E-state index contributed by atoms with van der Waals surface area (Å²) in [5.74, 6) is 0.577. The third kappa shape index (κ3) is 6.82. The smallest absolute Gasteiger partial charge is 0.273 e. The largest absolute Gasteiger partial charge is 0.495 e. The van der Waals surface area contributed by atoms with Gasteiger partial charge in [0.25, 0.3) is 5.91 Å². The van der Waals surface area contributed by atoms with Crippen LogP contribution < -0.4 is 9.64 Å². The van der Waals surface area contributed by atoms with E-state index in [4.69, 9.17) is 9.72 Å². The van der Waals surface area contributed by atoms with E-state index in [-0.39, 0.29) is 11.7 Å². The highest BCUT2D eigenvalue weighted by Crippen LogP contribution is 2.28. The Morgan fingerprint density at radius 3 is 2.23 bits per heavy atom. The number of carbonyl (C=O) groups is 1. The van der Waals surface area contributed by atoms with Gasteiger partial charge in [-0.25, -0.2) is 9.37 Å². The van der Waals surface area contributed by atoms with E-state index in [9.17, 15) is 9.18 Å². The Balaban J connectivity index is 1.24. The van der Waals surface area contributed by atoms with Gasteiger partial charge < -0.3 is 14.5 Å². The number of aryl methyl sites for hydroxylation is 1. The predicted octanol–water partition coefficient (Wildman–Crippen LogP) is 5.76. The zero-order valence-corrected chi connectivity index (χ0v) is 23.2. The van der Waals surface area contributed by atoms with E-state index in [2.05, 4.69) is 47.1 Å². The number of aromatic nitrogens is 1. The van der Waals surface area contributed by atoms with Gasteiger partial charge in [0.05, 0.1) is 19.3 Å². The van der Waals surface area contributed by atoms with E-state index in [1.54, 1.807) is 7.11 Å². The Morgan fingerprint density at radius 1 is 0.923 bits per heavy atom. The maximum atomic E-state index is 13.5. The second kappa shape index (κ2) is 12.4. The number of carbonyl (C=O) groups excluding carboxylic acids is 1. The molecule has 0 radical (unpaired) electrons. The zero-order valence-electron chi connectivity index (χ0n) is 22.3. The van der Waals surface area contributed by atoms with Crippen molar-refractivity contribution in [1.82, 2.24) is 14.8 Å². The molecule has 4 aromatic rings. The Hall–Kier alpha value is -3.75. The second-order valence-electron chi connectivity index (χ2n) is 9.83. The quantitative estimate of drug-likeness (QED) is 0.268. The number of halogens is 1. The monoisotopic (exact) mass is 544 g/mol. The van der Waals surface area contributed by atoms with E-state index in [0.717, 1.165) is 41.6 Å². The number of nitrogens with zero attached hydrogens (tertiary/aromatic N) is 4. The van der Waals surface area contributed by atoms with Gasteiger partial charge in [-0.1, -0.05) is 54.1 Å². The van der Waals surface area contributed by atoms with Gasteiger partial charge in [0.2, 0.25) is 0 Å². The first-order chi connectivity index (χ1) is 19.0. The van der Waals surface area contributed by atoms with Gasteiger partial charge in [0, 0.05) is 44.6 Å². The fourth-order valence-electron chi connectivity index (χ4n) is 4.84. The fourth-order valence-corrected chi connectivity index (χ4v) is 5.65. The molecule has 1 amide bonds. The van der Waals surface area contributed by atoms with Gasteiger partial charge in [-0.2, -0.15) is 0 Å². The van der Waals surface area contributed by atoms with E-state index in [0.29, 0.717) is 31.9 Å². The van der Waals surface area contributed by atoms with Crippen LogP contribution in [-0.2, 0) is 19.6 Å². The summed E-state index contributed by atoms with van der Waals surface area (Å²) < 4.78 is 19.0. The Bertz CT molecular complexity index is 1330. The van der Waals surface area contributed by atoms with Crippen LogP contribution in [-0.4, -0.2) is 54.0 Å². The molecular weight excluding hydrogens is 511 g/mol. The number of piperazine rings is 1. The minimum Gasteiger partial charge on any atom is -0.495 e. The van der Waals surface area contributed by atoms with Gasteiger partial charge in [-0.15, -0.1) is 11.3 Å². The molecule has 202 valence electrons. The van der Waals surface area contributed by atoms with Crippen LogP contribution in [0.25, 0.3) is 0 Å². The number of hydrogen-bond acceptors (Lipinski definition) is 6. The number of para-hydroxylation sites is 2. The molecule has 1 aliphatic rings. The molecule has 1 aromatic heterocycles. The maximum Gasteiger partial charge on any atom is 0.273 e. The third-order valence-corrected chi connectivity index (χ3v) is 7.80. The summed E-state index contributed by atoms with van der Waals surface area (Å²) in [4.78, 5) is 24.4. The van der Waals surface area contributed by atoms with Gasteiger partial charge in [0.1, 0.15) is 22.3 Å². The molecule has 0 aliphatic carbocycles. The van der Waals surface area contributed by atoms with Crippen LogP contribution in [0.5, 0.6) is 5.75 Å². The Kier molecular flexibility index (Phi) is 8.54. The molecular formula is C31H33FN4O2S. The highest BCUT2D eigenvalue weighted by Gasteiger charge is 2.25. The van der Waals surface area contributed by atoms with Crippen LogP contribution in [0.15, 0.2) is 78.2 Å². The molecule has 0 atom stereocenters. The summed E-state index contributed by atoms with van der Waals surface area (Å²) in [5, 5.41) is 2.76. The number of ether oxygens (including phenoxy) is 1. The first kappa shape index (κ1) is 26.8. The van der Waals surface area contributed by atoms with Crippen molar-refractivity contribution in [2.24, 2.45) is 0 Å². The van der Waals surface area contributed by atoms with E-state index in [1.807, 2.05) is 40.6 Å². The highest BCUT2D eigenvalue weighted by atomic mass is 32.1. The first-order valence-electron chi connectivity index (χ1n) is 13.1. The van der Waals surface area contributed by atoms with Gasteiger partial charge >= 0.3 is 0 Å². The molecule has 2 heterocycles. The minimum absolute atomic E-state index is 0.0270. The molecule has 0 saturated carbocycles. The van der Waals surface area contributed by atoms with Crippen LogP contribution in [0.1, 0.15) is 32.2 Å². The van der Waals surface area contributed by atoms with E-state index < -0.39 is 0 Å². The lowest BCUT2D eigenvalue weighted by molar-refractivity contribution is 0.0741. The summed E-state index contributed by atoms with van der Waals surface area (Å²) in [5.41, 5.74) is 5.00. The average molecular weight is 545 g/mol. The van der Waals surface area contributed by atoms with Crippen LogP contribution in [0.3, 0.4) is 0 Å². The third-order valence-electron chi connectivity index (χ3n) is 6.97. The summed E-state index contributed by atoms with van der Waals surface area (Å²) in [6.45, 7) is 6.81. The maximum absolute atomic E-state index is 13.5. The predicted molar refractivity (Wildman–Crippen MR) is 154 cm³/mol. The van der Waals surface area contributed by atoms with E-state index >= 15 is 0 Å². The van der Waals surface area contributed by atoms with Crippen LogP contribution in [0, 0.1) is 12.7 Å². The number of rotatable bonds is 9. The SMILES string of the molecule is COc1ccccc1N1CCN(C(=O)c2csc(CN(Cc3ccc(C)cc3)Cc3ccc(F)cc3)n2)CC1. The minimum atomic E-state index is -0.240. The number of anilines is 1. The molecule has 3 aromatic carbocycles. The lowest BCUT2D eigenvalue weighted by Gasteiger charge is -2.36. The molecule has 6 nitrogen and oxygen atoms in total. The molecule has 1 fully saturated rings. The lowest BCUT2D eigenvalue weighted by atomic mass is 10.1. The number of thiazole rings is 1. The summed E-state index contributed by atoms with van der Waals surface area (Å²) in [7, 11) is 1.68. The molecule has 0 N–H and O–H groups in total. The Morgan fingerprint density at radius 2 is 1.56 bits per heavy atom. The van der Waals surface area contributed by atoms with Gasteiger partial charge in [0.15, 0.2) is 0 Å². The molecule has 0 spiro atoms. The molecule has 5 rings (SSSR count). The molecule has 0 bridgehead atoms. The van der Waals surface area contributed by atoms with Crippen molar-refractivity contribution < 1.29 is 13.9 Å². The van der Waals surface area contributed by atoms with Crippen molar-refractivity contribution in [1.29, 1.82) is 0 Å². The van der Waals surface area contributed by atoms with Gasteiger partial charge in [-0.05, 0) is 42.3 Å². The number of benzene rings is 3.